The second kappa shape index (κ2) is 5.91. The van der Waals surface area contributed by atoms with Crippen molar-refractivity contribution in [3.05, 3.63) is 0 Å². The Labute approximate surface area is 111 Å². The van der Waals surface area contributed by atoms with E-state index in [0.717, 1.165) is 25.6 Å². The zero-order valence-electron chi connectivity index (χ0n) is 12.2. The number of likely N-dealkylation sites (N-methyl/N-ethyl adjacent to an activating group) is 2. The van der Waals surface area contributed by atoms with Crippen molar-refractivity contribution in [2.24, 2.45) is 4.99 Å². The summed E-state index contributed by atoms with van der Waals surface area (Å²) in [6.07, 6.45) is 8.14. The van der Waals surface area contributed by atoms with Crippen molar-refractivity contribution in [3.8, 4) is 0 Å². The summed E-state index contributed by atoms with van der Waals surface area (Å²) in [6, 6.07) is 0. The largest absolute Gasteiger partial charge is 0.354 e. The van der Waals surface area contributed by atoms with E-state index >= 15 is 0 Å². The molecule has 1 N–H and O–H groups in total. The van der Waals surface area contributed by atoms with Crippen molar-refractivity contribution >= 4 is 5.96 Å². The van der Waals surface area contributed by atoms with Crippen LogP contribution in [0.15, 0.2) is 4.99 Å². The first-order chi connectivity index (χ1) is 8.64. The van der Waals surface area contributed by atoms with E-state index < -0.39 is 0 Å². The van der Waals surface area contributed by atoms with Crippen LogP contribution in [-0.2, 0) is 0 Å². The van der Waals surface area contributed by atoms with E-state index in [0.29, 0.717) is 5.54 Å². The van der Waals surface area contributed by atoms with Gasteiger partial charge in [0, 0.05) is 25.7 Å². The predicted octanol–water partition coefficient (Wildman–Crippen LogP) is 1.53. The number of guanidine groups is 1. The van der Waals surface area contributed by atoms with Crippen LogP contribution in [0.2, 0.25) is 0 Å². The number of nitrogens with zero attached hydrogens (tertiary/aromatic N) is 3. The molecular formula is C14H28N4. The molecule has 0 bridgehead atoms. The second-order valence-electron chi connectivity index (χ2n) is 6.01. The van der Waals surface area contributed by atoms with Gasteiger partial charge in [0.1, 0.15) is 0 Å². The van der Waals surface area contributed by atoms with Crippen LogP contribution in [0.1, 0.15) is 38.5 Å². The van der Waals surface area contributed by atoms with E-state index in [1.807, 2.05) is 0 Å². The average molecular weight is 252 g/mol. The molecule has 1 fully saturated rings. The molecule has 18 heavy (non-hydrogen) atoms. The first kappa shape index (κ1) is 13.7. The molecule has 0 aromatic rings. The Hall–Kier alpha value is -0.770. The predicted molar refractivity (Wildman–Crippen MR) is 77.1 cm³/mol. The summed E-state index contributed by atoms with van der Waals surface area (Å²) >= 11 is 0. The van der Waals surface area contributed by atoms with Crippen molar-refractivity contribution in [1.82, 2.24) is 15.1 Å². The van der Waals surface area contributed by atoms with Gasteiger partial charge in [-0.15, -0.1) is 0 Å². The van der Waals surface area contributed by atoms with Gasteiger partial charge in [-0.05, 0) is 26.9 Å². The summed E-state index contributed by atoms with van der Waals surface area (Å²) in [6.45, 7) is 3.02. The quantitative estimate of drug-likeness (QED) is 0.773. The van der Waals surface area contributed by atoms with Gasteiger partial charge in [0.15, 0.2) is 5.96 Å². The zero-order chi connectivity index (χ0) is 13.0. The second-order valence-corrected chi connectivity index (χ2v) is 6.01. The standard InChI is InChI=1S/C14H28N4/c1-17(2)14(8-6-4-5-7-9-14)12-16-13-15-10-11-18(13)3/h4-12H2,1-3H3,(H,15,16). The maximum atomic E-state index is 4.53. The van der Waals surface area contributed by atoms with Crippen molar-refractivity contribution in [2.45, 2.75) is 44.1 Å². The van der Waals surface area contributed by atoms with Gasteiger partial charge in [0.2, 0.25) is 0 Å². The molecule has 4 heteroatoms. The van der Waals surface area contributed by atoms with Crippen LogP contribution in [-0.4, -0.2) is 62.1 Å². The van der Waals surface area contributed by atoms with Gasteiger partial charge in [-0.3, -0.25) is 4.99 Å². The third kappa shape index (κ3) is 2.97. The summed E-state index contributed by atoms with van der Waals surface area (Å²) in [5.41, 5.74) is 0.322. The van der Waals surface area contributed by atoms with Crippen LogP contribution < -0.4 is 5.32 Å². The minimum Gasteiger partial charge on any atom is -0.354 e. The number of hydrogen-bond donors (Lipinski definition) is 1. The molecule has 0 spiro atoms. The summed E-state index contributed by atoms with van der Waals surface area (Å²) in [5, 5.41) is 3.59. The summed E-state index contributed by atoms with van der Waals surface area (Å²) < 4.78 is 0. The zero-order valence-corrected chi connectivity index (χ0v) is 12.2. The molecular weight excluding hydrogens is 224 g/mol. The molecule has 1 saturated carbocycles. The van der Waals surface area contributed by atoms with E-state index in [1.165, 1.54) is 38.5 Å². The SMILES string of the molecule is CN1CCN=C1NCC1(N(C)C)CCCCCC1. The van der Waals surface area contributed by atoms with E-state index in [1.54, 1.807) is 0 Å². The first-order valence-corrected chi connectivity index (χ1v) is 7.31. The number of aliphatic imine (C=N–C) groups is 1. The number of rotatable bonds is 3. The van der Waals surface area contributed by atoms with E-state index in [2.05, 4.69) is 41.3 Å². The lowest BCUT2D eigenvalue weighted by Gasteiger charge is -2.40. The molecule has 0 radical (unpaired) electrons. The smallest absolute Gasteiger partial charge is 0.193 e. The molecule has 0 atom stereocenters. The van der Waals surface area contributed by atoms with Crippen molar-refractivity contribution < 1.29 is 0 Å². The molecule has 0 amide bonds. The summed E-state index contributed by atoms with van der Waals surface area (Å²) in [4.78, 5) is 9.18. The fourth-order valence-corrected chi connectivity index (χ4v) is 3.14. The van der Waals surface area contributed by atoms with E-state index in [4.69, 9.17) is 0 Å². The fourth-order valence-electron chi connectivity index (χ4n) is 3.14. The van der Waals surface area contributed by atoms with Gasteiger partial charge in [0.05, 0.1) is 6.54 Å². The lowest BCUT2D eigenvalue weighted by atomic mass is 9.89. The Morgan fingerprint density at radius 2 is 1.89 bits per heavy atom. The van der Waals surface area contributed by atoms with Gasteiger partial charge in [-0.25, -0.2) is 0 Å². The van der Waals surface area contributed by atoms with Crippen LogP contribution in [0.5, 0.6) is 0 Å². The average Bonchev–Trinajstić information content (AvgIpc) is 2.63. The van der Waals surface area contributed by atoms with Crippen LogP contribution in [0, 0.1) is 0 Å². The number of hydrogen-bond acceptors (Lipinski definition) is 4. The monoisotopic (exact) mass is 252 g/mol. The van der Waals surface area contributed by atoms with Crippen molar-refractivity contribution in [1.29, 1.82) is 0 Å². The number of nitrogens with one attached hydrogen (secondary N) is 1. The molecule has 4 nitrogen and oxygen atoms in total. The molecule has 2 rings (SSSR count). The first-order valence-electron chi connectivity index (χ1n) is 7.31. The third-order valence-electron chi connectivity index (χ3n) is 4.62. The van der Waals surface area contributed by atoms with E-state index in [-0.39, 0.29) is 0 Å². The van der Waals surface area contributed by atoms with Gasteiger partial charge < -0.3 is 15.1 Å². The summed E-state index contributed by atoms with van der Waals surface area (Å²) in [5.74, 6) is 1.08. The third-order valence-corrected chi connectivity index (χ3v) is 4.62. The highest BCUT2D eigenvalue weighted by atomic mass is 15.3. The Morgan fingerprint density at radius 1 is 1.22 bits per heavy atom. The highest BCUT2D eigenvalue weighted by Crippen LogP contribution is 2.30. The minimum atomic E-state index is 0.322. The molecule has 104 valence electrons. The van der Waals surface area contributed by atoms with Gasteiger partial charge in [-0.2, -0.15) is 0 Å². The molecule has 1 heterocycles. The highest BCUT2D eigenvalue weighted by Gasteiger charge is 2.33. The van der Waals surface area contributed by atoms with Crippen LogP contribution >= 0.6 is 0 Å². The molecule has 1 aliphatic heterocycles. The van der Waals surface area contributed by atoms with Crippen LogP contribution in [0.25, 0.3) is 0 Å². The van der Waals surface area contributed by atoms with E-state index in [9.17, 15) is 0 Å². The molecule has 1 aliphatic carbocycles. The summed E-state index contributed by atoms with van der Waals surface area (Å²) in [7, 11) is 6.58. The molecule has 2 aliphatic rings. The molecule has 0 aromatic heterocycles. The Morgan fingerprint density at radius 3 is 2.39 bits per heavy atom. The molecule has 0 saturated heterocycles. The lowest BCUT2D eigenvalue weighted by Crippen LogP contribution is -2.53. The lowest BCUT2D eigenvalue weighted by molar-refractivity contribution is 0.132. The maximum absolute atomic E-state index is 4.53. The Bertz CT molecular complexity index is 290. The van der Waals surface area contributed by atoms with Crippen molar-refractivity contribution in [2.75, 3.05) is 40.8 Å². The Kier molecular flexibility index (Phi) is 4.49. The maximum Gasteiger partial charge on any atom is 0.193 e. The molecule has 0 unspecified atom stereocenters. The topological polar surface area (TPSA) is 30.9 Å². The highest BCUT2D eigenvalue weighted by molar-refractivity contribution is 5.81. The fraction of sp³-hybridized carbons (Fsp3) is 0.929. The van der Waals surface area contributed by atoms with Gasteiger partial charge >= 0.3 is 0 Å². The van der Waals surface area contributed by atoms with Crippen molar-refractivity contribution in [3.63, 3.8) is 0 Å². The van der Waals surface area contributed by atoms with Crippen LogP contribution in [0.4, 0.5) is 0 Å². The van der Waals surface area contributed by atoms with Crippen LogP contribution in [0.3, 0.4) is 0 Å². The molecule has 0 aromatic carbocycles. The van der Waals surface area contributed by atoms with Gasteiger partial charge in [-0.1, -0.05) is 25.7 Å². The minimum absolute atomic E-state index is 0.322. The normalized spacial score (nSPS) is 24.0. The Balaban J connectivity index is 1.97. The van der Waals surface area contributed by atoms with Gasteiger partial charge in [0.25, 0.3) is 0 Å².